The van der Waals surface area contributed by atoms with Crippen molar-refractivity contribution >= 4 is 34.1 Å². The summed E-state index contributed by atoms with van der Waals surface area (Å²) in [5.74, 6) is -0.212. The van der Waals surface area contributed by atoms with Gasteiger partial charge in [0.05, 0.1) is 22.5 Å². The van der Waals surface area contributed by atoms with E-state index in [0.717, 1.165) is 22.2 Å². The number of rotatable bonds is 3. The van der Waals surface area contributed by atoms with E-state index in [1.54, 1.807) is 24.4 Å². The molecule has 0 saturated carbocycles. The third-order valence-electron chi connectivity index (χ3n) is 4.34. The minimum atomic E-state index is -0.212. The molecule has 4 nitrogen and oxygen atoms in total. The van der Waals surface area contributed by atoms with E-state index >= 15 is 0 Å². The van der Waals surface area contributed by atoms with Crippen LogP contribution >= 0.6 is 11.6 Å². The number of benzene rings is 2. The second-order valence-electron chi connectivity index (χ2n) is 6.20. The molecule has 5 heteroatoms. The molecule has 2 aromatic heterocycles. The van der Waals surface area contributed by atoms with Crippen molar-refractivity contribution in [3.05, 3.63) is 89.1 Å². The third kappa shape index (κ3) is 3.52. The van der Waals surface area contributed by atoms with Gasteiger partial charge in [0.2, 0.25) is 0 Å². The first-order valence-electron chi connectivity index (χ1n) is 8.50. The number of pyridine rings is 2. The Kier molecular flexibility index (Phi) is 4.57. The van der Waals surface area contributed by atoms with E-state index in [2.05, 4.69) is 15.3 Å². The first kappa shape index (κ1) is 17.2. The quantitative estimate of drug-likeness (QED) is 0.515. The molecule has 0 unspecified atom stereocenters. The maximum Gasteiger partial charge on any atom is 0.256 e. The van der Waals surface area contributed by atoms with Gasteiger partial charge in [0, 0.05) is 22.3 Å². The van der Waals surface area contributed by atoms with Crippen molar-refractivity contribution < 1.29 is 4.79 Å². The lowest BCUT2D eigenvalue weighted by molar-refractivity contribution is 0.102. The Morgan fingerprint density at radius 2 is 1.78 bits per heavy atom. The summed E-state index contributed by atoms with van der Waals surface area (Å²) >= 11 is 6.08. The molecular formula is C22H16ClN3O. The molecule has 2 heterocycles. The highest BCUT2D eigenvalue weighted by molar-refractivity contribution is 6.31. The van der Waals surface area contributed by atoms with Crippen molar-refractivity contribution in [2.75, 3.05) is 5.32 Å². The molecular weight excluding hydrogens is 358 g/mol. The number of aryl methyl sites for hydroxylation is 1. The molecule has 4 aromatic rings. The van der Waals surface area contributed by atoms with Crippen LogP contribution in [0.3, 0.4) is 0 Å². The van der Waals surface area contributed by atoms with Crippen molar-refractivity contribution in [3.8, 4) is 11.4 Å². The molecule has 0 aliphatic heterocycles. The number of nitrogens with one attached hydrogen (secondary N) is 1. The van der Waals surface area contributed by atoms with Gasteiger partial charge in [-0.2, -0.15) is 0 Å². The summed E-state index contributed by atoms with van der Waals surface area (Å²) in [4.78, 5) is 22.1. The number of anilines is 1. The highest BCUT2D eigenvalue weighted by atomic mass is 35.5. The number of hydrogen-bond acceptors (Lipinski definition) is 3. The van der Waals surface area contributed by atoms with Gasteiger partial charge in [0.25, 0.3) is 5.91 Å². The fraction of sp³-hybridized carbons (Fsp3) is 0.0455. The number of carbonyl (C=O) groups is 1. The van der Waals surface area contributed by atoms with Gasteiger partial charge in [-0.1, -0.05) is 41.9 Å². The predicted molar refractivity (Wildman–Crippen MR) is 109 cm³/mol. The van der Waals surface area contributed by atoms with Crippen LogP contribution in [0.2, 0.25) is 5.02 Å². The van der Waals surface area contributed by atoms with Crippen LogP contribution in [0.5, 0.6) is 0 Å². The van der Waals surface area contributed by atoms with E-state index in [0.29, 0.717) is 22.0 Å². The Hall–Kier alpha value is -3.24. The van der Waals surface area contributed by atoms with Crippen LogP contribution < -0.4 is 5.32 Å². The second-order valence-corrected chi connectivity index (χ2v) is 6.64. The summed E-state index contributed by atoms with van der Waals surface area (Å²) in [6.45, 7) is 1.93. The van der Waals surface area contributed by atoms with Gasteiger partial charge in [-0.25, -0.2) is 4.98 Å². The van der Waals surface area contributed by atoms with Gasteiger partial charge in [-0.05, 0) is 48.9 Å². The van der Waals surface area contributed by atoms with Crippen molar-refractivity contribution in [2.24, 2.45) is 0 Å². The van der Waals surface area contributed by atoms with Crippen molar-refractivity contribution in [3.63, 3.8) is 0 Å². The second kappa shape index (κ2) is 7.17. The molecule has 0 spiro atoms. The zero-order chi connectivity index (χ0) is 18.8. The topological polar surface area (TPSA) is 54.9 Å². The fourth-order valence-corrected chi connectivity index (χ4v) is 3.10. The normalized spacial score (nSPS) is 10.7. The standard InChI is InChI=1S/C22H16ClN3O/c1-14-9-10-15(23)12-20(14)26-22(27)17-13-21(19-8-4-5-11-24-19)25-18-7-3-2-6-16(17)18/h2-13H,1H3,(H,26,27). The third-order valence-corrected chi connectivity index (χ3v) is 4.57. The molecule has 2 aromatic carbocycles. The smallest absolute Gasteiger partial charge is 0.256 e. The van der Waals surface area contributed by atoms with E-state index in [-0.39, 0.29) is 5.91 Å². The number of fused-ring (bicyclic) bond motifs is 1. The van der Waals surface area contributed by atoms with Gasteiger partial charge in [-0.3, -0.25) is 9.78 Å². The molecule has 0 aliphatic carbocycles. The Morgan fingerprint density at radius 1 is 0.963 bits per heavy atom. The number of para-hydroxylation sites is 1. The van der Waals surface area contributed by atoms with Crippen LogP contribution in [-0.4, -0.2) is 15.9 Å². The maximum atomic E-state index is 13.1. The minimum Gasteiger partial charge on any atom is -0.322 e. The number of hydrogen-bond donors (Lipinski definition) is 1. The highest BCUT2D eigenvalue weighted by Gasteiger charge is 2.15. The largest absolute Gasteiger partial charge is 0.322 e. The molecule has 0 saturated heterocycles. The summed E-state index contributed by atoms with van der Waals surface area (Å²) < 4.78 is 0. The molecule has 4 rings (SSSR count). The minimum absolute atomic E-state index is 0.212. The van der Waals surface area contributed by atoms with Crippen molar-refractivity contribution in [1.82, 2.24) is 9.97 Å². The van der Waals surface area contributed by atoms with Crippen molar-refractivity contribution in [2.45, 2.75) is 6.92 Å². The Morgan fingerprint density at radius 3 is 2.59 bits per heavy atom. The van der Waals surface area contributed by atoms with Crippen molar-refractivity contribution in [1.29, 1.82) is 0 Å². The Bertz CT molecular complexity index is 1140. The summed E-state index contributed by atoms with van der Waals surface area (Å²) in [7, 11) is 0. The molecule has 1 amide bonds. The summed E-state index contributed by atoms with van der Waals surface area (Å²) in [6, 6.07) is 20.4. The number of aromatic nitrogens is 2. The van der Waals surface area contributed by atoms with E-state index in [1.807, 2.05) is 55.5 Å². The van der Waals surface area contributed by atoms with Crippen LogP contribution in [0.15, 0.2) is 72.9 Å². The van der Waals surface area contributed by atoms with Gasteiger partial charge in [0.15, 0.2) is 0 Å². The molecule has 0 radical (unpaired) electrons. The Labute approximate surface area is 161 Å². The SMILES string of the molecule is Cc1ccc(Cl)cc1NC(=O)c1cc(-c2ccccn2)nc2ccccc12. The van der Waals surface area contributed by atoms with E-state index in [4.69, 9.17) is 11.6 Å². The zero-order valence-electron chi connectivity index (χ0n) is 14.6. The fourth-order valence-electron chi connectivity index (χ4n) is 2.93. The number of nitrogens with zero attached hydrogens (tertiary/aromatic N) is 2. The lowest BCUT2D eigenvalue weighted by Crippen LogP contribution is -2.14. The Balaban J connectivity index is 1.82. The van der Waals surface area contributed by atoms with Crippen LogP contribution in [-0.2, 0) is 0 Å². The van der Waals surface area contributed by atoms with Crippen LogP contribution in [0.4, 0.5) is 5.69 Å². The lowest BCUT2D eigenvalue weighted by atomic mass is 10.0. The average molecular weight is 374 g/mol. The number of halogens is 1. The molecule has 1 N–H and O–H groups in total. The molecule has 0 bridgehead atoms. The predicted octanol–water partition coefficient (Wildman–Crippen LogP) is 5.51. The number of amides is 1. The first-order chi connectivity index (χ1) is 13.1. The summed E-state index contributed by atoms with van der Waals surface area (Å²) in [5.41, 5.74) is 4.29. The number of carbonyl (C=O) groups excluding carboxylic acids is 1. The summed E-state index contributed by atoms with van der Waals surface area (Å²) in [5, 5.41) is 4.33. The first-order valence-corrected chi connectivity index (χ1v) is 8.88. The maximum absolute atomic E-state index is 13.1. The van der Waals surface area contributed by atoms with E-state index in [9.17, 15) is 4.79 Å². The summed E-state index contributed by atoms with van der Waals surface area (Å²) in [6.07, 6.45) is 1.71. The van der Waals surface area contributed by atoms with Gasteiger partial charge in [-0.15, -0.1) is 0 Å². The van der Waals surface area contributed by atoms with Crippen LogP contribution in [0, 0.1) is 6.92 Å². The molecule has 0 fully saturated rings. The van der Waals surface area contributed by atoms with Crippen LogP contribution in [0.1, 0.15) is 15.9 Å². The lowest BCUT2D eigenvalue weighted by Gasteiger charge is -2.12. The van der Waals surface area contributed by atoms with Gasteiger partial charge >= 0.3 is 0 Å². The monoisotopic (exact) mass is 373 g/mol. The molecule has 132 valence electrons. The van der Waals surface area contributed by atoms with Crippen LogP contribution in [0.25, 0.3) is 22.3 Å². The average Bonchev–Trinajstić information content (AvgIpc) is 2.70. The highest BCUT2D eigenvalue weighted by Crippen LogP contribution is 2.26. The van der Waals surface area contributed by atoms with Gasteiger partial charge < -0.3 is 5.32 Å². The molecule has 0 aliphatic rings. The van der Waals surface area contributed by atoms with Gasteiger partial charge in [0.1, 0.15) is 0 Å². The molecule has 27 heavy (non-hydrogen) atoms. The van der Waals surface area contributed by atoms with E-state index in [1.165, 1.54) is 0 Å². The van der Waals surface area contributed by atoms with E-state index < -0.39 is 0 Å². The zero-order valence-corrected chi connectivity index (χ0v) is 15.4. The molecule has 0 atom stereocenters.